The van der Waals surface area contributed by atoms with Crippen molar-refractivity contribution in [3.63, 3.8) is 0 Å². The molecule has 4 rings (SSSR count). The number of anilines is 2. The summed E-state index contributed by atoms with van der Waals surface area (Å²) in [7, 11) is 1.58. The van der Waals surface area contributed by atoms with E-state index in [1.54, 1.807) is 7.05 Å². The average molecular weight is 990 g/mol. The van der Waals surface area contributed by atoms with Gasteiger partial charge in [0.25, 0.3) is 0 Å². The van der Waals surface area contributed by atoms with Gasteiger partial charge in [-0.2, -0.15) is 0 Å². The quantitative estimate of drug-likeness (QED) is 0.0542. The predicted molar refractivity (Wildman–Crippen MR) is 311 cm³/mol. The van der Waals surface area contributed by atoms with Crippen LogP contribution in [-0.2, 0) is 14.4 Å². The van der Waals surface area contributed by atoms with Gasteiger partial charge in [-0.1, -0.05) is 184 Å². The highest BCUT2D eigenvalue weighted by Crippen LogP contribution is 2.28. The van der Waals surface area contributed by atoms with E-state index in [0.717, 1.165) is 46.6 Å². The number of benzene rings is 3. The summed E-state index contributed by atoms with van der Waals surface area (Å²) in [5, 5.41) is 20.8. The Hall–Kier alpha value is -5.96. The molecule has 0 unspecified atom stereocenters. The Labute approximate surface area is 438 Å². The minimum atomic E-state index is -0.882. The lowest BCUT2D eigenvalue weighted by atomic mass is 9.96. The lowest BCUT2D eigenvalue weighted by Crippen LogP contribution is -2.31. The van der Waals surface area contributed by atoms with Gasteiger partial charge in [0.05, 0.1) is 12.8 Å². The Bertz CT molecular complexity index is 2020. The fraction of sp³-hybridized carbons (Fsp3) is 0.492. The van der Waals surface area contributed by atoms with Crippen LogP contribution in [0.25, 0.3) is 5.57 Å². The van der Waals surface area contributed by atoms with Crippen LogP contribution in [0, 0.1) is 13.8 Å². The zero-order chi connectivity index (χ0) is 53.9. The number of rotatable bonds is 26. The van der Waals surface area contributed by atoms with Gasteiger partial charge in [-0.3, -0.25) is 14.4 Å². The highest BCUT2D eigenvalue weighted by molar-refractivity contribution is 6.02. The number of nitrogens with zero attached hydrogens (tertiary/aromatic N) is 3. The molecule has 0 atom stereocenters. The van der Waals surface area contributed by atoms with Gasteiger partial charge in [0.2, 0.25) is 5.91 Å². The monoisotopic (exact) mass is 990 g/mol. The largest absolute Gasteiger partial charge is 0.481 e. The van der Waals surface area contributed by atoms with E-state index in [2.05, 4.69) is 132 Å². The normalized spacial score (nSPS) is 11.5. The lowest BCUT2D eigenvalue weighted by Gasteiger charge is -2.25. The molecule has 0 aliphatic heterocycles. The van der Waals surface area contributed by atoms with Crippen molar-refractivity contribution < 1.29 is 29.2 Å². The van der Waals surface area contributed by atoms with Gasteiger partial charge in [0, 0.05) is 76.0 Å². The summed E-state index contributed by atoms with van der Waals surface area (Å²) in [6, 6.07) is 24.5. The average Bonchev–Trinajstić information content (AvgIpc) is 3.38. The molecule has 72 heavy (non-hydrogen) atoms. The third-order valence-electron chi connectivity index (χ3n) is 11.6. The standard InChI is InChI=1S/C30H39N3O5.C15H24N.C8H10.2C5H12/c1-4-6-7-27(23-8-12-25(13-9-23)32(19-5-2)21-17-29(35)36)24-10-14-26(15-11-24)33(22-18-30(37)38)20-16-28(34)31-3;1-4-6-12-16(13-7-5-2)15-10-8-14(3)9-11-15;1-7-3-5-8(2)6-4-7;2*1-3-5-4-2/h4,6-15H,5,16-22H2,1-3H3,(H,31,34)(H,35,36)(H,37,38);8-11H,3-7,12-13H2,1-2H3;3-6H,1-2H3;2*3-5H2,1-2H3/q;+1;;;/b6-4+,27-7+;;;;. The highest BCUT2D eigenvalue weighted by atomic mass is 16.4. The van der Waals surface area contributed by atoms with E-state index in [1.807, 2.05) is 78.6 Å². The van der Waals surface area contributed by atoms with Crippen molar-refractivity contribution in [2.45, 2.75) is 159 Å². The fourth-order valence-electron chi connectivity index (χ4n) is 7.21. The summed E-state index contributed by atoms with van der Waals surface area (Å²) in [6.07, 6.45) is 29.1. The number of amides is 1. The van der Waals surface area contributed by atoms with E-state index in [0.29, 0.717) is 19.6 Å². The first-order valence-electron chi connectivity index (χ1n) is 27.1. The summed E-state index contributed by atoms with van der Waals surface area (Å²) in [6.45, 7) is 29.8. The third-order valence-corrected chi connectivity index (χ3v) is 11.6. The molecule has 0 bridgehead atoms. The fourth-order valence-corrected chi connectivity index (χ4v) is 7.21. The van der Waals surface area contributed by atoms with Crippen molar-refractivity contribution in [3.8, 4) is 0 Å². The van der Waals surface area contributed by atoms with Crippen molar-refractivity contribution in [3.05, 3.63) is 150 Å². The summed E-state index contributed by atoms with van der Waals surface area (Å²) < 4.78 is 2.49. The number of carbonyl (C=O) groups excluding carboxylic acids is 1. The van der Waals surface area contributed by atoms with Crippen LogP contribution in [0.15, 0.2) is 127 Å². The first-order chi connectivity index (χ1) is 34.7. The van der Waals surface area contributed by atoms with Crippen molar-refractivity contribution in [2.75, 3.05) is 56.1 Å². The van der Waals surface area contributed by atoms with E-state index >= 15 is 0 Å². The van der Waals surface area contributed by atoms with Crippen molar-refractivity contribution in [2.24, 2.45) is 0 Å². The van der Waals surface area contributed by atoms with Crippen molar-refractivity contribution in [1.29, 1.82) is 0 Å². The lowest BCUT2D eigenvalue weighted by molar-refractivity contribution is -0.527. The molecule has 3 aromatic carbocycles. The van der Waals surface area contributed by atoms with Gasteiger partial charge in [0.1, 0.15) is 13.1 Å². The zero-order valence-electron chi connectivity index (χ0n) is 46.8. The van der Waals surface area contributed by atoms with Crippen molar-refractivity contribution in [1.82, 2.24) is 5.32 Å². The van der Waals surface area contributed by atoms with Crippen LogP contribution >= 0.6 is 0 Å². The minimum absolute atomic E-state index is 0.0181. The Kier molecular flexibility index (Phi) is 39.2. The molecule has 0 aromatic heterocycles. The molecule has 9 heteroatoms. The molecule has 0 fully saturated rings. The number of unbranched alkanes of at least 4 members (excludes halogenated alkanes) is 6. The van der Waals surface area contributed by atoms with Gasteiger partial charge in [-0.25, -0.2) is 4.58 Å². The van der Waals surface area contributed by atoms with Gasteiger partial charge < -0.3 is 25.3 Å². The highest BCUT2D eigenvalue weighted by Gasteiger charge is 2.14. The maximum Gasteiger partial charge on any atom is 0.305 e. The molecular formula is C63H97N4O5+. The number of hydrogen-bond donors (Lipinski definition) is 3. The SMILES string of the molecule is C/C=C/C=C(\c1ccc(N(CCC)CCC(=O)O)cc1)c1ccc(N(CCC(=O)O)CCC(=O)NC)cc1.C=C1C=CC(=[N+](CCCC)CCCC)C=C1.CCCCC.CCCCC.Cc1ccc(C)cc1. The molecule has 0 saturated heterocycles. The maximum absolute atomic E-state index is 11.8. The Morgan fingerprint density at radius 1 is 0.556 bits per heavy atom. The van der Waals surface area contributed by atoms with E-state index in [4.69, 9.17) is 10.2 Å². The molecule has 0 saturated carbocycles. The first kappa shape index (κ1) is 66.0. The van der Waals surface area contributed by atoms with E-state index < -0.39 is 11.9 Å². The van der Waals surface area contributed by atoms with Gasteiger partial charge in [0.15, 0.2) is 5.71 Å². The van der Waals surface area contributed by atoms with Crippen LogP contribution in [0.1, 0.15) is 168 Å². The summed E-state index contributed by atoms with van der Waals surface area (Å²) >= 11 is 0. The molecule has 3 aromatic rings. The molecule has 1 amide bonds. The smallest absolute Gasteiger partial charge is 0.305 e. The third kappa shape index (κ3) is 31.4. The van der Waals surface area contributed by atoms with E-state index in [-0.39, 0.29) is 25.2 Å². The molecule has 1 aliphatic carbocycles. The predicted octanol–water partition coefficient (Wildman–Crippen LogP) is 15.2. The van der Waals surface area contributed by atoms with E-state index in [1.165, 1.54) is 94.1 Å². The number of carboxylic acids is 2. The molecule has 9 nitrogen and oxygen atoms in total. The van der Waals surface area contributed by atoms with Crippen LogP contribution < -0.4 is 15.1 Å². The topological polar surface area (TPSA) is 113 Å². The summed E-state index contributed by atoms with van der Waals surface area (Å²) in [5.41, 5.74) is 9.99. The van der Waals surface area contributed by atoms with Crippen LogP contribution in [0.5, 0.6) is 0 Å². The molecule has 3 N–H and O–H groups in total. The van der Waals surface area contributed by atoms with Gasteiger partial charge in [-0.15, -0.1) is 0 Å². The van der Waals surface area contributed by atoms with Crippen LogP contribution in [-0.4, -0.2) is 84.7 Å². The van der Waals surface area contributed by atoms with Gasteiger partial charge >= 0.3 is 11.9 Å². The van der Waals surface area contributed by atoms with E-state index in [9.17, 15) is 14.4 Å². The van der Waals surface area contributed by atoms with Crippen molar-refractivity contribution >= 4 is 40.5 Å². The number of allylic oxidation sites excluding steroid dienone is 8. The molecule has 1 aliphatic rings. The Morgan fingerprint density at radius 2 is 0.944 bits per heavy atom. The second-order valence-corrected chi connectivity index (χ2v) is 18.1. The maximum atomic E-state index is 11.8. The Balaban J connectivity index is 0.00000119. The number of aliphatic carboxylic acids is 2. The van der Waals surface area contributed by atoms with Crippen LogP contribution in [0.3, 0.4) is 0 Å². The first-order valence-corrected chi connectivity index (χ1v) is 27.1. The molecule has 398 valence electrons. The number of carboxylic acid groups (broad SMARTS) is 2. The molecule has 0 heterocycles. The second kappa shape index (κ2) is 42.7. The number of aryl methyl sites for hydroxylation is 2. The molecular weight excluding hydrogens is 893 g/mol. The summed E-state index contributed by atoms with van der Waals surface area (Å²) in [4.78, 5) is 38.0. The minimum Gasteiger partial charge on any atom is -0.481 e. The van der Waals surface area contributed by atoms with Crippen LogP contribution in [0.4, 0.5) is 11.4 Å². The molecule has 0 radical (unpaired) electrons. The number of hydrogen-bond acceptors (Lipinski definition) is 5. The van der Waals surface area contributed by atoms with Gasteiger partial charge in [-0.05, 0) is 85.9 Å². The number of carbonyl (C=O) groups is 3. The summed E-state index contributed by atoms with van der Waals surface area (Å²) in [5.74, 6) is -1.78. The van der Waals surface area contributed by atoms with Crippen LogP contribution in [0.2, 0.25) is 0 Å². The second-order valence-electron chi connectivity index (χ2n) is 18.1. The number of nitrogens with one attached hydrogen (secondary N) is 1. The molecule has 0 spiro atoms. The Morgan fingerprint density at radius 3 is 1.28 bits per heavy atom. The zero-order valence-corrected chi connectivity index (χ0v) is 46.8.